The molecule has 5 rings (SSSR count). The minimum atomic E-state index is -0.503. The van der Waals surface area contributed by atoms with Gasteiger partial charge in [-0.3, -0.25) is 9.59 Å². The molecule has 0 saturated carbocycles. The zero-order valence-electron chi connectivity index (χ0n) is 18.6. The van der Waals surface area contributed by atoms with Gasteiger partial charge < -0.3 is 19.5 Å². The van der Waals surface area contributed by atoms with Gasteiger partial charge in [0.05, 0.1) is 13.2 Å². The number of thioether (sulfide) groups is 1. The topological polar surface area (TPSA) is 76.1 Å². The standard InChI is InChI=1S/C26H27NO5S/c1-31-19-7-8-20-21(14-19)22(29)23(30)25-24(20)32-26(16-33-25)9-11-27(12-10-26)15-18(28)13-17-5-3-2-4-6-17/h2-8,14,18,28H,9-13,15-16H2,1H3. The van der Waals surface area contributed by atoms with Crippen LogP contribution in [0.15, 0.2) is 53.4 Å². The fraction of sp³-hybridized carbons (Fsp3) is 0.385. The molecule has 7 heteroatoms. The Bertz CT molecular complexity index is 1100. The van der Waals surface area contributed by atoms with Gasteiger partial charge in [-0.15, -0.1) is 11.8 Å². The summed E-state index contributed by atoms with van der Waals surface area (Å²) in [7, 11) is 1.54. The summed E-state index contributed by atoms with van der Waals surface area (Å²) in [5, 5.41) is 10.6. The molecule has 2 aromatic carbocycles. The predicted octanol–water partition coefficient (Wildman–Crippen LogP) is 3.33. The lowest BCUT2D eigenvalue weighted by Gasteiger charge is -2.45. The van der Waals surface area contributed by atoms with Crippen LogP contribution in [-0.4, -0.2) is 65.8 Å². The number of rotatable bonds is 5. The number of aliphatic hydroxyl groups excluding tert-OH is 1. The number of Topliss-reactive ketones (excluding diaryl/α,β-unsaturated/α-hetero) is 2. The third kappa shape index (κ3) is 4.33. The summed E-state index contributed by atoms with van der Waals surface area (Å²) >= 11 is 1.44. The molecule has 6 nitrogen and oxygen atoms in total. The van der Waals surface area contributed by atoms with Gasteiger partial charge in [-0.05, 0) is 30.2 Å². The van der Waals surface area contributed by atoms with E-state index in [1.807, 2.05) is 36.4 Å². The fourth-order valence-electron chi connectivity index (χ4n) is 4.81. The zero-order chi connectivity index (χ0) is 23.0. The quantitative estimate of drug-likeness (QED) is 0.679. The summed E-state index contributed by atoms with van der Waals surface area (Å²) in [6.07, 6.45) is 1.84. The Morgan fingerprint density at radius 1 is 1.09 bits per heavy atom. The first kappa shape index (κ1) is 22.2. The van der Waals surface area contributed by atoms with E-state index in [2.05, 4.69) is 4.90 Å². The van der Waals surface area contributed by atoms with Crippen molar-refractivity contribution in [2.75, 3.05) is 32.5 Å². The van der Waals surface area contributed by atoms with Crippen LogP contribution in [0.5, 0.6) is 5.75 Å². The average Bonchev–Trinajstić information content (AvgIpc) is 2.84. The molecule has 0 aromatic heterocycles. The molecule has 1 fully saturated rings. The summed E-state index contributed by atoms with van der Waals surface area (Å²) in [4.78, 5) is 28.1. The molecule has 3 aliphatic rings. The van der Waals surface area contributed by atoms with E-state index in [0.717, 1.165) is 31.5 Å². The smallest absolute Gasteiger partial charge is 0.243 e. The number of hydrogen-bond acceptors (Lipinski definition) is 7. The average molecular weight is 466 g/mol. The van der Waals surface area contributed by atoms with Crippen LogP contribution in [0.25, 0.3) is 5.76 Å². The molecule has 1 saturated heterocycles. The lowest BCUT2D eigenvalue weighted by molar-refractivity contribution is -0.111. The van der Waals surface area contributed by atoms with Crippen LogP contribution < -0.4 is 4.74 Å². The van der Waals surface area contributed by atoms with Crippen molar-refractivity contribution < 1.29 is 24.2 Å². The normalized spacial score (nSPS) is 20.8. The van der Waals surface area contributed by atoms with E-state index < -0.39 is 17.7 Å². The molecule has 172 valence electrons. The van der Waals surface area contributed by atoms with E-state index in [4.69, 9.17) is 9.47 Å². The van der Waals surface area contributed by atoms with Gasteiger partial charge in [0.15, 0.2) is 0 Å². The number of benzene rings is 2. The minimum Gasteiger partial charge on any atom is -0.497 e. The number of methoxy groups -OCH3 is 1. The third-order valence-electron chi connectivity index (χ3n) is 6.68. The third-order valence-corrected chi connectivity index (χ3v) is 8.01. The largest absolute Gasteiger partial charge is 0.497 e. The number of ether oxygens (including phenoxy) is 2. The number of aliphatic hydroxyl groups is 1. The number of carbonyl (C=O) groups is 2. The highest BCUT2D eigenvalue weighted by molar-refractivity contribution is 8.04. The molecule has 2 heterocycles. The van der Waals surface area contributed by atoms with Gasteiger partial charge in [-0.25, -0.2) is 0 Å². The second-order valence-electron chi connectivity index (χ2n) is 8.95. The van der Waals surface area contributed by atoms with Gasteiger partial charge in [0.25, 0.3) is 0 Å². The van der Waals surface area contributed by atoms with Crippen molar-refractivity contribution in [2.45, 2.75) is 31.0 Å². The molecule has 1 atom stereocenters. The van der Waals surface area contributed by atoms with Gasteiger partial charge in [-0.2, -0.15) is 0 Å². The van der Waals surface area contributed by atoms with Crippen molar-refractivity contribution in [1.82, 2.24) is 4.90 Å². The summed E-state index contributed by atoms with van der Waals surface area (Å²) in [5.74, 6) is 0.728. The number of piperidine rings is 1. The number of hydrogen-bond donors (Lipinski definition) is 1. The van der Waals surface area contributed by atoms with Crippen molar-refractivity contribution >= 4 is 29.1 Å². The van der Waals surface area contributed by atoms with Crippen LogP contribution in [-0.2, 0) is 16.0 Å². The van der Waals surface area contributed by atoms with Crippen molar-refractivity contribution in [3.05, 3.63) is 70.1 Å². The summed E-state index contributed by atoms with van der Waals surface area (Å²) in [6.45, 7) is 2.26. The Hall–Kier alpha value is -2.61. The molecule has 33 heavy (non-hydrogen) atoms. The van der Waals surface area contributed by atoms with E-state index in [1.165, 1.54) is 18.9 Å². The van der Waals surface area contributed by atoms with Crippen molar-refractivity contribution in [3.8, 4) is 5.75 Å². The lowest BCUT2D eigenvalue weighted by Crippen LogP contribution is -2.50. The number of allylic oxidation sites excluding steroid dienone is 1. The molecule has 2 aromatic rings. The van der Waals surface area contributed by atoms with Crippen LogP contribution in [0.1, 0.15) is 34.3 Å². The molecule has 1 N–H and O–H groups in total. The number of β-amino-alcohol motifs (C(OH)–C–C–N with tert-alkyl or cyclic N) is 1. The predicted molar refractivity (Wildman–Crippen MR) is 127 cm³/mol. The zero-order valence-corrected chi connectivity index (χ0v) is 19.4. The molecule has 1 aliphatic carbocycles. The minimum absolute atomic E-state index is 0.345. The number of nitrogens with zero attached hydrogens (tertiary/aromatic N) is 1. The highest BCUT2D eigenvalue weighted by Crippen LogP contribution is 2.47. The Morgan fingerprint density at radius 2 is 1.85 bits per heavy atom. The van der Waals surface area contributed by atoms with Crippen LogP contribution in [0, 0.1) is 0 Å². The highest BCUT2D eigenvalue weighted by atomic mass is 32.2. The van der Waals surface area contributed by atoms with E-state index in [-0.39, 0.29) is 5.60 Å². The van der Waals surface area contributed by atoms with Crippen LogP contribution in [0.2, 0.25) is 0 Å². The first-order valence-electron chi connectivity index (χ1n) is 11.3. The van der Waals surface area contributed by atoms with E-state index in [0.29, 0.717) is 46.3 Å². The molecule has 0 bridgehead atoms. The molecule has 0 amide bonds. The molecule has 1 unspecified atom stereocenters. The monoisotopic (exact) mass is 465 g/mol. The molecule has 1 spiro atoms. The molecular weight excluding hydrogens is 438 g/mol. The van der Waals surface area contributed by atoms with Crippen molar-refractivity contribution in [3.63, 3.8) is 0 Å². The first-order valence-corrected chi connectivity index (χ1v) is 12.2. The van der Waals surface area contributed by atoms with Gasteiger partial charge >= 0.3 is 0 Å². The first-order chi connectivity index (χ1) is 16.0. The molecular formula is C26H27NO5S. The maximum absolute atomic E-state index is 12.7. The van der Waals surface area contributed by atoms with Gasteiger partial charge in [0, 0.05) is 49.4 Å². The van der Waals surface area contributed by atoms with Gasteiger partial charge in [-0.1, -0.05) is 30.3 Å². The van der Waals surface area contributed by atoms with E-state index in [1.54, 1.807) is 12.1 Å². The van der Waals surface area contributed by atoms with Crippen molar-refractivity contribution in [1.29, 1.82) is 0 Å². The Morgan fingerprint density at radius 3 is 2.58 bits per heavy atom. The molecule has 2 aliphatic heterocycles. The summed E-state index contributed by atoms with van der Waals surface area (Å²) in [5.41, 5.74) is 1.78. The second-order valence-corrected chi connectivity index (χ2v) is 9.93. The van der Waals surface area contributed by atoms with Crippen LogP contribution >= 0.6 is 11.8 Å². The number of carbonyl (C=O) groups excluding carboxylic acids is 2. The van der Waals surface area contributed by atoms with E-state index >= 15 is 0 Å². The fourth-order valence-corrected chi connectivity index (χ4v) is 6.07. The number of likely N-dealkylation sites (tertiary alicyclic amines) is 1. The van der Waals surface area contributed by atoms with Crippen LogP contribution in [0.4, 0.5) is 0 Å². The van der Waals surface area contributed by atoms with Gasteiger partial charge in [0.2, 0.25) is 11.6 Å². The Kier molecular flexibility index (Phi) is 6.03. The number of ketones is 2. The summed E-state index contributed by atoms with van der Waals surface area (Å²) < 4.78 is 11.8. The van der Waals surface area contributed by atoms with Crippen LogP contribution in [0.3, 0.4) is 0 Å². The second kappa shape index (κ2) is 8.97. The molecule has 0 radical (unpaired) electrons. The van der Waals surface area contributed by atoms with E-state index in [9.17, 15) is 14.7 Å². The Labute approximate surface area is 197 Å². The lowest BCUT2D eigenvalue weighted by atomic mass is 9.89. The maximum atomic E-state index is 12.7. The highest BCUT2D eigenvalue weighted by Gasteiger charge is 2.46. The van der Waals surface area contributed by atoms with Gasteiger partial charge in [0.1, 0.15) is 22.0 Å². The van der Waals surface area contributed by atoms with Crippen molar-refractivity contribution in [2.24, 2.45) is 0 Å². The summed E-state index contributed by atoms with van der Waals surface area (Å²) in [6, 6.07) is 15.3. The number of fused-ring (bicyclic) bond motifs is 2. The Balaban J connectivity index is 1.27. The SMILES string of the molecule is COc1ccc2c(c1)C(=O)C(=O)C1=C2OC2(CCN(CC(O)Cc3ccccc3)CC2)CS1. The maximum Gasteiger partial charge on any atom is 0.243 e.